The highest BCUT2D eigenvalue weighted by Crippen LogP contribution is 1.96. The van der Waals surface area contributed by atoms with Gasteiger partial charge >= 0.3 is 0 Å². The number of rotatable bonds is 2. The molecule has 0 bridgehead atoms. The minimum absolute atomic E-state index is 0. The van der Waals surface area contributed by atoms with Crippen molar-refractivity contribution in [2.45, 2.75) is 13.0 Å². The molecule has 4 heteroatoms. The van der Waals surface area contributed by atoms with Gasteiger partial charge in [0, 0.05) is 32.2 Å². The molecule has 0 radical (unpaired) electrons. The number of hydrogen-bond donors (Lipinski definition) is 2. The van der Waals surface area contributed by atoms with Crippen molar-refractivity contribution in [2.75, 3.05) is 32.8 Å². The predicted octanol–water partition coefficient (Wildman–Crippen LogP) is -0.306. The van der Waals surface area contributed by atoms with E-state index < -0.39 is 0 Å². The van der Waals surface area contributed by atoms with Crippen LogP contribution in [-0.2, 0) is 0 Å². The third-order valence-electron chi connectivity index (χ3n) is 1.87. The molecule has 0 aromatic carbocycles. The van der Waals surface area contributed by atoms with Crippen LogP contribution in [0.4, 0.5) is 0 Å². The van der Waals surface area contributed by atoms with Crippen LogP contribution < -0.4 is 5.32 Å². The Kier molecular flexibility index (Phi) is 5.86. The van der Waals surface area contributed by atoms with Crippen LogP contribution in [0, 0.1) is 0 Å². The van der Waals surface area contributed by atoms with Crippen molar-refractivity contribution in [3.63, 3.8) is 0 Å². The zero-order valence-corrected chi connectivity index (χ0v) is 7.73. The zero-order chi connectivity index (χ0) is 7.40. The minimum Gasteiger partial charge on any atom is -0.395 e. The Bertz CT molecular complexity index is 100. The van der Waals surface area contributed by atoms with E-state index in [4.69, 9.17) is 5.11 Å². The monoisotopic (exact) mass is 180 g/mol. The highest BCUT2D eigenvalue weighted by atomic mass is 35.5. The fourth-order valence-corrected chi connectivity index (χ4v) is 1.36. The number of aliphatic hydroxyl groups is 1. The van der Waals surface area contributed by atoms with E-state index in [0.717, 1.165) is 26.2 Å². The van der Waals surface area contributed by atoms with Crippen molar-refractivity contribution < 1.29 is 5.11 Å². The first-order valence-electron chi connectivity index (χ1n) is 3.89. The first-order valence-corrected chi connectivity index (χ1v) is 3.89. The summed E-state index contributed by atoms with van der Waals surface area (Å²) in [5, 5.41) is 12.0. The van der Waals surface area contributed by atoms with Gasteiger partial charge in [-0.05, 0) is 6.92 Å². The Labute approximate surface area is 74.2 Å². The van der Waals surface area contributed by atoms with Crippen LogP contribution in [0.3, 0.4) is 0 Å². The number of piperazine rings is 1. The molecular weight excluding hydrogens is 164 g/mol. The normalized spacial score (nSPS) is 26.2. The lowest BCUT2D eigenvalue weighted by Gasteiger charge is -2.31. The number of aliphatic hydroxyl groups excluding tert-OH is 1. The van der Waals surface area contributed by atoms with Crippen molar-refractivity contribution in [3.8, 4) is 0 Å². The molecule has 1 aliphatic rings. The molecule has 68 valence electrons. The average Bonchev–Trinajstić information content (AvgIpc) is 1.88. The molecule has 0 saturated carbocycles. The lowest BCUT2D eigenvalue weighted by molar-refractivity contribution is 0.161. The van der Waals surface area contributed by atoms with Crippen LogP contribution >= 0.6 is 12.4 Å². The maximum Gasteiger partial charge on any atom is 0.0558 e. The first kappa shape index (κ1) is 11.2. The van der Waals surface area contributed by atoms with Crippen molar-refractivity contribution in [3.05, 3.63) is 0 Å². The second-order valence-corrected chi connectivity index (χ2v) is 2.88. The molecule has 1 aliphatic heterocycles. The zero-order valence-electron chi connectivity index (χ0n) is 6.92. The second-order valence-electron chi connectivity index (χ2n) is 2.88. The summed E-state index contributed by atoms with van der Waals surface area (Å²) in [6, 6.07) is 0.584. The van der Waals surface area contributed by atoms with Gasteiger partial charge in [0.15, 0.2) is 0 Å². The maximum absolute atomic E-state index is 8.64. The lowest BCUT2D eigenvalue weighted by Crippen LogP contribution is -2.49. The van der Waals surface area contributed by atoms with Gasteiger partial charge in [0.1, 0.15) is 0 Å². The lowest BCUT2D eigenvalue weighted by atomic mass is 10.2. The van der Waals surface area contributed by atoms with Gasteiger partial charge in [-0.3, -0.25) is 4.90 Å². The molecule has 3 nitrogen and oxygen atoms in total. The molecule has 0 amide bonds. The number of nitrogens with zero attached hydrogens (tertiary/aromatic N) is 1. The van der Waals surface area contributed by atoms with Crippen LogP contribution in [-0.4, -0.2) is 48.8 Å². The topological polar surface area (TPSA) is 35.5 Å². The molecule has 1 rings (SSSR count). The van der Waals surface area contributed by atoms with Gasteiger partial charge in [-0.25, -0.2) is 0 Å². The molecule has 0 aromatic heterocycles. The van der Waals surface area contributed by atoms with Gasteiger partial charge in [0.25, 0.3) is 0 Å². The Balaban J connectivity index is 0.000001000. The molecular formula is C7H17ClN2O. The van der Waals surface area contributed by atoms with E-state index in [1.807, 2.05) is 0 Å². The molecule has 1 saturated heterocycles. The van der Waals surface area contributed by atoms with Crippen molar-refractivity contribution >= 4 is 12.4 Å². The van der Waals surface area contributed by atoms with Gasteiger partial charge in [0.05, 0.1) is 6.61 Å². The molecule has 1 fully saturated rings. The second kappa shape index (κ2) is 5.77. The van der Waals surface area contributed by atoms with Crippen LogP contribution in [0.1, 0.15) is 6.92 Å². The quantitative estimate of drug-likeness (QED) is 0.613. The summed E-state index contributed by atoms with van der Waals surface area (Å²) in [6.45, 7) is 6.48. The van der Waals surface area contributed by atoms with Crippen molar-refractivity contribution in [2.24, 2.45) is 0 Å². The fraction of sp³-hybridized carbons (Fsp3) is 1.00. The fourth-order valence-electron chi connectivity index (χ4n) is 1.36. The Morgan fingerprint density at radius 3 is 2.91 bits per heavy atom. The highest BCUT2D eigenvalue weighted by Gasteiger charge is 2.13. The average molecular weight is 181 g/mol. The number of β-amino-alcohol motifs (C(OH)–C–C–N with tert-alkyl or cyclic N) is 1. The summed E-state index contributed by atoms with van der Waals surface area (Å²) >= 11 is 0. The van der Waals surface area contributed by atoms with Gasteiger partial charge in [-0.1, -0.05) is 0 Å². The number of halogens is 1. The van der Waals surface area contributed by atoms with Gasteiger partial charge < -0.3 is 10.4 Å². The minimum atomic E-state index is 0. The standard InChI is InChI=1S/C7H16N2O.ClH/c1-7-6-9(4-5-10)3-2-8-7;/h7-8,10H,2-6H2,1H3;1H/t7-;/m1./s1. The van der Waals surface area contributed by atoms with E-state index in [1.54, 1.807) is 0 Å². The molecule has 11 heavy (non-hydrogen) atoms. The van der Waals surface area contributed by atoms with E-state index >= 15 is 0 Å². The molecule has 0 aliphatic carbocycles. The van der Waals surface area contributed by atoms with Gasteiger partial charge in [-0.2, -0.15) is 0 Å². The van der Waals surface area contributed by atoms with Gasteiger partial charge in [0.2, 0.25) is 0 Å². The SMILES string of the molecule is C[C@@H]1CN(CCO)CCN1.Cl. The van der Waals surface area contributed by atoms with E-state index in [1.165, 1.54) is 0 Å². The summed E-state index contributed by atoms with van der Waals surface area (Å²) < 4.78 is 0. The summed E-state index contributed by atoms with van der Waals surface area (Å²) in [5.74, 6) is 0. The van der Waals surface area contributed by atoms with E-state index in [2.05, 4.69) is 17.1 Å². The van der Waals surface area contributed by atoms with E-state index in [9.17, 15) is 0 Å². The van der Waals surface area contributed by atoms with Crippen molar-refractivity contribution in [1.82, 2.24) is 10.2 Å². The maximum atomic E-state index is 8.64. The Hall–Kier alpha value is 0.170. The first-order chi connectivity index (χ1) is 4.83. The van der Waals surface area contributed by atoms with Crippen molar-refractivity contribution in [1.29, 1.82) is 0 Å². The third-order valence-corrected chi connectivity index (χ3v) is 1.87. The Morgan fingerprint density at radius 1 is 1.64 bits per heavy atom. The molecule has 1 heterocycles. The summed E-state index contributed by atoms with van der Waals surface area (Å²) in [5.41, 5.74) is 0. The highest BCUT2D eigenvalue weighted by molar-refractivity contribution is 5.85. The van der Waals surface area contributed by atoms with Gasteiger partial charge in [-0.15, -0.1) is 12.4 Å². The van der Waals surface area contributed by atoms with Crippen LogP contribution in [0.25, 0.3) is 0 Å². The number of hydrogen-bond acceptors (Lipinski definition) is 3. The summed E-state index contributed by atoms with van der Waals surface area (Å²) in [7, 11) is 0. The largest absolute Gasteiger partial charge is 0.395 e. The predicted molar refractivity (Wildman–Crippen MR) is 48.2 cm³/mol. The van der Waals surface area contributed by atoms with Crippen LogP contribution in [0.15, 0.2) is 0 Å². The molecule has 0 spiro atoms. The van der Waals surface area contributed by atoms with Crippen LogP contribution in [0.5, 0.6) is 0 Å². The van der Waals surface area contributed by atoms with E-state index in [-0.39, 0.29) is 19.0 Å². The smallest absolute Gasteiger partial charge is 0.0558 e. The third kappa shape index (κ3) is 3.91. The summed E-state index contributed by atoms with van der Waals surface area (Å²) in [6.07, 6.45) is 0. The molecule has 0 aromatic rings. The van der Waals surface area contributed by atoms with E-state index in [0.29, 0.717) is 6.04 Å². The summed E-state index contributed by atoms with van der Waals surface area (Å²) in [4.78, 5) is 2.28. The van der Waals surface area contributed by atoms with Crippen LogP contribution in [0.2, 0.25) is 0 Å². The Morgan fingerprint density at radius 2 is 2.36 bits per heavy atom. The molecule has 1 atom stereocenters. The molecule has 2 N–H and O–H groups in total. The molecule has 0 unspecified atom stereocenters. The number of nitrogens with one attached hydrogen (secondary N) is 1.